The van der Waals surface area contributed by atoms with Crippen LogP contribution in [0.5, 0.6) is 0 Å². The minimum atomic E-state index is -3.66. The molecule has 0 atom stereocenters. The number of hydrogen-bond donors (Lipinski definition) is 0. The molecule has 5 heteroatoms. The van der Waals surface area contributed by atoms with Crippen molar-refractivity contribution in [3.05, 3.63) is 29.8 Å². The molecule has 0 unspecified atom stereocenters. The van der Waals surface area contributed by atoms with Crippen LogP contribution in [0.4, 0.5) is 0 Å². The first kappa shape index (κ1) is 15.7. The summed E-state index contributed by atoms with van der Waals surface area (Å²) in [5, 5.41) is 0. The van der Waals surface area contributed by atoms with Crippen LogP contribution in [-0.2, 0) is 14.8 Å². The normalized spacial score (nSPS) is 12.5. The molecule has 0 heterocycles. The lowest BCUT2D eigenvalue weighted by atomic mass is 10.2. The molecule has 0 N–H and O–H groups in total. The maximum absolute atomic E-state index is 12.1. The number of sulfonamides is 1. The second kappa shape index (κ2) is 7.28. The zero-order valence-electron chi connectivity index (χ0n) is 11.7. The number of aryl methyl sites for hydroxylation is 1. The van der Waals surface area contributed by atoms with Crippen LogP contribution >= 0.6 is 0 Å². The first-order valence-electron chi connectivity index (χ1n) is 6.44. The largest absolute Gasteiger partial charge is 0.484 e. The highest BCUT2D eigenvalue weighted by Crippen LogP contribution is 2.14. The average Bonchev–Trinajstić information content (AvgIpc) is 2.38. The van der Waals surface area contributed by atoms with Crippen molar-refractivity contribution in [2.24, 2.45) is 4.40 Å². The molecular formula is C14H21NO3S. The smallest absolute Gasteiger partial charge is 0.285 e. The summed E-state index contributed by atoms with van der Waals surface area (Å²) in [6.07, 6.45) is 3.54. The Bertz CT molecular complexity index is 518. The maximum Gasteiger partial charge on any atom is 0.285 e. The van der Waals surface area contributed by atoms with Gasteiger partial charge in [0.2, 0.25) is 0 Å². The fourth-order valence-corrected chi connectivity index (χ4v) is 2.63. The van der Waals surface area contributed by atoms with Crippen molar-refractivity contribution in [3.63, 3.8) is 0 Å². The Hall–Kier alpha value is -1.36. The summed E-state index contributed by atoms with van der Waals surface area (Å²) >= 11 is 0. The molecule has 0 fully saturated rings. The third-order valence-electron chi connectivity index (χ3n) is 2.77. The molecule has 19 heavy (non-hydrogen) atoms. The van der Waals surface area contributed by atoms with Gasteiger partial charge in [-0.1, -0.05) is 37.5 Å². The summed E-state index contributed by atoms with van der Waals surface area (Å²) in [6.45, 7) is 4.00. The lowest BCUT2D eigenvalue weighted by Crippen LogP contribution is -2.07. The molecule has 0 saturated carbocycles. The van der Waals surface area contributed by atoms with Gasteiger partial charge in [-0.05, 0) is 25.5 Å². The van der Waals surface area contributed by atoms with E-state index in [1.54, 1.807) is 24.3 Å². The molecule has 0 aliphatic carbocycles. The van der Waals surface area contributed by atoms with Gasteiger partial charge in [-0.3, -0.25) is 0 Å². The monoisotopic (exact) mass is 283 g/mol. The van der Waals surface area contributed by atoms with E-state index < -0.39 is 10.0 Å². The molecule has 0 saturated heterocycles. The summed E-state index contributed by atoms with van der Waals surface area (Å²) in [4.78, 5) is 0.197. The Morgan fingerprint density at radius 3 is 2.37 bits per heavy atom. The Balaban J connectivity index is 2.89. The Kier molecular flexibility index (Phi) is 6.02. The lowest BCUT2D eigenvalue weighted by Gasteiger charge is -2.05. The molecule has 4 nitrogen and oxygen atoms in total. The summed E-state index contributed by atoms with van der Waals surface area (Å²) in [6, 6.07) is 6.64. The van der Waals surface area contributed by atoms with Crippen LogP contribution in [0.1, 0.15) is 38.2 Å². The third-order valence-corrected chi connectivity index (χ3v) is 4.08. The maximum atomic E-state index is 12.1. The minimum absolute atomic E-state index is 0.197. The molecule has 1 aromatic rings. The average molecular weight is 283 g/mol. The van der Waals surface area contributed by atoms with E-state index in [9.17, 15) is 8.42 Å². The molecule has 0 bridgehead atoms. The molecule has 1 aromatic carbocycles. The molecule has 0 spiro atoms. The highest BCUT2D eigenvalue weighted by atomic mass is 32.2. The second-order valence-corrected chi connectivity index (χ2v) is 6.04. The Labute approximate surface area is 115 Å². The Morgan fingerprint density at radius 1 is 1.21 bits per heavy atom. The van der Waals surface area contributed by atoms with Crippen LogP contribution in [0.2, 0.25) is 0 Å². The molecule has 0 aromatic heterocycles. The van der Waals surface area contributed by atoms with E-state index in [-0.39, 0.29) is 10.8 Å². The van der Waals surface area contributed by atoms with Crippen molar-refractivity contribution in [3.8, 4) is 0 Å². The number of nitrogens with zero attached hydrogens (tertiary/aromatic N) is 1. The van der Waals surface area contributed by atoms with Gasteiger partial charge in [0.05, 0.1) is 12.0 Å². The predicted molar refractivity (Wildman–Crippen MR) is 77.0 cm³/mol. The summed E-state index contributed by atoms with van der Waals surface area (Å²) in [5.41, 5.74) is 1.01. The van der Waals surface area contributed by atoms with Crippen LogP contribution in [0.3, 0.4) is 0 Å². The van der Waals surface area contributed by atoms with Gasteiger partial charge in [-0.2, -0.15) is 8.42 Å². The third kappa shape index (κ3) is 5.03. The zero-order valence-corrected chi connectivity index (χ0v) is 12.5. The van der Waals surface area contributed by atoms with E-state index in [4.69, 9.17) is 4.74 Å². The van der Waals surface area contributed by atoms with Gasteiger partial charge in [0.15, 0.2) is 5.90 Å². The van der Waals surface area contributed by atoms with E-state index >= 15 is 0 Å². The standard InChI is InChI=1S/C14H21NO3S/c1-4-5-6-7-14(18-3)15-19(16,17)13-10-8-12(2)9-11-13/h8-11H,4-7H2,1-3H3/b15-14-. The first-order chi connectivity index (χ1) is 8.99. The highest BCUT2D eigenvalue weighted by Gasteiger charge is 2.14. The number of methoxy groups -OCH3 is 1. The van der Waals surface area contributed by atoms with E-state index in [0.29, 0.717) is 6.42 Å². The van der Waals surface area contributed by atoms with Gasteiger partial charge >= 0.3 is 0 Å². The molecule has 0 aliphatic rings. The molecular weight excluding hydrogens is 262 g/mol. The van der Waals surface area contributed by atoms with Crippen molar-refractivity contribution in [1.29, 1.82) is 0 Å². The van der Waals surface area contributed by atoms with Gasteiger partial charge in [0.25, 0.3) is 10.0 Å². The van der Waals surface area contributed by atoms with Crippen LogP contribution in [-0.4, -0.2) is 21.4 Å². The van der Waals surface area contributed by atoms with Gasteiger partial charge < -0.3 is 4.74 Å². The highest BCUT2D eigenvalue weighted by molar-refractivity contribution is 7.90. The van der Waals surface area contributed by atoms with Gasteiger partial charge in [-0.15, -0.1) is 4.40 Å². The molecule has 0 amide bonds. The van der Waals surface area contributed by atoms with E-state index in [1.165, 1.54) is 7.11 Å². The number of unbranched alkanes of at least 4 members (excludes halogenated alkanes) is 2. The van der Waals surface area contributed by atoms with Crippen molar-refractivity contribution in [1.82, 2.24) is 0 Å². The van der Waals surface area contributed by atoms with Crippen molar-refractivity contribution in [2.45, 2.75) is 44.4 Å². The van der Waals surface area contributed by atoms with Crippen LogP contribution in [0.15, 0.2) is 33.6 Å². The van der Waals surface area contributed by atoms with Crippen LogP contribution < -0.4 is 0 Å². The SMILES string of the molecule is CCCCC/C(=N/S(=O)(=O)c1ccc(C)cc1)OC. The molecule has 0 radical (unpaired) electrons. The fraction of sp³-hybridized carbons (Fsp3) is 0.500. The van der Waals surface area contributed by atoms with E-state index in [2.05, 4.69) is 11.3 Å². The van der Waals surface area contributed by atoms with Crippen molar-refractivity contribution < 1.29 is 13.2 Å². The van der Waals surface area contributed by atoms with Crippen LogP contribution in [0.25, 0.3) is 0 Å². The number of benzene rings is 1. The molecule has 106 valence electrons. The zero-order chi connectivity index (χ0) is 14.3. The second-order valence-electron chi connectivity index (χ2n) is 4.43. The summed E-state index contributed by atoms with van der Waals surface area (Å²) < 4.78 is 33.0. The van der Waals surface area contributed by atoms with E-state index in [0.717, 1.165) is 24.8 Å². The first-order valence-corrected chi connectivity index (χ1v) is 7.88. The van der Waals surface area contributed by atoms with Gasteiger partial charge in [0, 0.05) is 6.42 Å². The van der Waals surface area contributed by atoms with Crippen LogP contribution in [0, 0.1) is 6.92 Å². The quantitative estimate of drug-likeness (QED) is 0.457. The predicted octanol–water partition coefficient (Wildman–Crippen LogP) is 3.31. The minimum Gasteiger partial charge on any atom is -0.484 e. The topological polar surface area (TPSA) is 55.7 Å². The van der Waals surface area contributed by atoms with Gasteiger partial charge in [0.1, 0.15) is 0 Å². The molecule has 1 rings (SSSR count). The van der Waals surface area contributed by atoms with E-state index in [1.807, 2.05) is 6.92 Å². The number of rotatable bonds is 6. The van der Waals surface area contributed by atoms with Gasteiger partial charge in [-0.25, -0.2) is 0 Å². The number of hydrogen-bond acceptors (Lipinski definition) is 3. The lowest BCUT2D eigenvalue weighted by molar-refractivity contribution is 0.388. The fourth-order valence-electron chi connectivity index (χ4n) is 1.61. The van der Waals surface area contributed by atoms with Crippen molar-refractivity contribution in [2.75, 3.05) is 7.11 Å². The summed E-state index contributed by atoms with van der Waals surface area (Å²) in [5.74, 6) is 0.272. The summed E-state index contributed by atoms with van der Waals surface area (Å²) in [7, 11) is -2.21. The Morgan fingerprint density at radius 2 is 1.84 bits per heavy atom. The van der Waals surface area contributed by atoms with Crippen molar-refractivity contribution >= 4 is 15.9 Å². The number of ether oxygens (including phenoxy) is 1. The molecule has 0 aliphatic heterocycles.